The number of benzene rings is 1. The van der Waals surface area contributed by atoms with Crippen molar-refractivity contribution >= 4 is 5.97 Å². The summed E-state index contributed by atoms with van der Waals surface area (Å²) in [5.74, 6) is -1.00. The van der Waals surface area contributed by atoms with Gasteiger partial charge in [-0.2, -0.15) is 0 Å². The van der Waals surface area contributed by atoms with Crippen LogP contribution < -0.4 is 0 Å². The molecule has 0 saturated heterocycles. The molecule has 0 bridgehead atoms. The van der Waals surface area contributed by atoms with E-state index in [0.29, 0.717) is 0 Å². The number of carboxylic acids is 1. The first kappa shape index (κ1) is 11.4. The zero-order valence-electron chi connectivity index (χ0n) is 9.63. The lowest BCUT2D eigenvalue weighted by atomic mass is 10.1. The molecule has 1 heterocycles. The Labute approximate surface area is 99.5 Å². The van der Waals surface area contributed by atoms with Gasteiger partial charge in [0, 0.05) is 11.9 Å². The van der Waals surface area contributed by atoms with E-state index in [0.717, 1.165) is 18.5 Å². The van der Waals surface area contributed by atoms with Crippen LogP contribution in [0.2, 0.25) is 0 Å². The van der Waals surface area contributed by atoms with Gasteiger partial charge in [-0.3, -0.25) is 0 Å². The second-order valence-electron chi connectivity index (χ2n) is 3.85. The van der Waals surface area contributed by atoms with Crippen LogP contribution >= 0.6 is 0 Å². The Kier molecular flexibility index (Phi) is 3.23. The molecule has 1 N–H and O–H groups in total. The molecule has 0 fully saturated rings. The van der Waals surface area contributed by atoms with E-state index in [1.54, 1.807) is 4.57 Å². The minimum absolute atomic E-state index is 0.0660. The standard InChI is InChI=1S/C13H14N2O2/c1-2-5-10-6-3-4-7-12(10)15-8-11(13(16)17)14-9-15/h3-4,6-9H,2,5H2,1H3,(H,16,17). The third kappa shape index (κ3) is 2.36. The number of aromatic carboxylic acids is 1. The molecule has 2 aromatic rings. The Bertz CT molecular complexity index is 532. The van der Waals surface area contributed by atoms with E-state index in [1.165, 1.54) is 18.1 Å². The van der Waals surface area contributed by atoms with Crippen LogP contribution in [-0.4, -0.2) is 20.6 Å². The number of nitrogens with zero attached hydrogens (tertiary/aromatic N) is 2. The van der Waals surface area contributed by atoms with E-state index < -0.39 is 5.97 Å². The number of para-hydroxylation sites is 1. The summed E-state index contributed by atoms with van der Waals surface area (Å²) < 4.78 is 1.76. The number of imidazole rings is 1. The molecular formula is C13H14N2O2. The lowest BCUT2D eigenvalue weighted by molar-refractivity contribution is 0.0691. The predicted octanol–water partition coefficient (Wildman–Crippen LogP) is 2.52. The van der Waals surface area contributed by atoms with E-state index in [1.807, 2.05) is 18.2 Å². The number of hydrogen-bond donors (Lipinski definition) is 1. The highest BCUT2D eigenvalue weighted by Crippen LogP contribution is 2.16. The second-order valence-corrected chi connectivity index (χ2v) is 3.85. The molecule has 4 nitrogen and oxygen atoms in total. The molecule has 2 rings (SSSR count). The summed E-state index contributed by atoms with van der Waals surface area (Å²) in [6.45, 7) is 2.12. The molecule has 0 aliphatic heterocycles. The SMILES string of the molecule is CCCc1ccccc1-n1cnc(C(=O)O)c1. The normalized spacial score (nSPS) is 10.4. The molecule has 0 radical (unpaired) electrons. The maximum atomic E-state index is 10.8. The Morgan fingerprint density at radius 3 is 2.82 bits per heavy atom. The molecule has 0 aliphatic carbocycles. The molecule has 0 atom stereocenters. The van der Waals surface area contributed by atoms with Crippen LogP contribution in [-0.2, 0) is 6.42 Å². The maximum absolute atomic E-state index is 10.8. The van der Waals surface area contributed by atoms with Crippen molar-refractivity contribution < 1.29 is 9.90 Å². The molecule has 88 valence electrons. The molecule has 0 aliphatic rings. The lowest BCUT2D eigenvalue weighted by Gasteiger charge is -2.08. The van der Waals surface area contributed by atoms with E-state index in [2.05, 4.69) is 18.0 Å². The van der Waals surface area contributed by atoms with Gasteiger partial charge in [-0.1, -0.05) is 31.5 Å². The van der Waals surface area contributed by atoms with Gasteiger partial charge in [0.1, 0.15) is 6.33 Å². The summed E-state index contributed by atoms with van der Waals surface area (Å²) in [6.07, 6.45) is 5.10. The van der Waals surface area contributed by atoms with Gasteiger partial charge < -0.3 is 9.67 Å². The first-order valence-corrected chi connectivity index (χ1v) is 5.58. The Balaban J connectivity index is 2.41. The Hall–Kier alpha value is -2.10. The minimum Gasteiger partial charge on any atom is -0.476 e. The number of hydrogen-bond acceptors (Lipinski definition) is 2. The number of rotatable bonds is 4. The van der Waals surface area contributed by atoms with Gasteiger partial charge in [0.05, 0.1) is 0 Å². The molecular weight excluding hydrogens is 216 g/mol. The summed E-state index contributed by atoms with van der Waals surface area (Å²) in [4.78, 5) is 14.6. The van der Waals surface area contributed by atoms with Crippen molar-refractivity contribution in [3.8, 4) is 5.69 Å². The first-order valence-electron chi connectivity index (χ1n) is 5.58. The number of carbonyl (C=O) groups is 1. The largest absolute Gasteiger partial charge is 0.476 e. The van der Waals surface area contributed by atoms with Crippen LogP contribution in [0.4, 0.5) is 0 Å². The van der Waals surface area contributed by atoms with Crippen LogP contribution in [0.3, 0.4) is 0 Å². The van der Waals surface area contributed by atoms with Crippen molar-refractivity contribution in [2.24, 2.45) is 0 Å². The Morgan fingerprint density at radius 1 is 1.41 bits per heavy atom. The van der Waals surface area contributed by atoms with Gasteiger partial charge in [0.15, 0.2) is 5.69 Å². The number of aromatic nitrogens is 2. The van der Waals surface area contributed by atoms with Crippen molar-refractivity contribution in [1.82, 2.24) is 9.55 Å². The highest BCUT2D eigenvalue weighted by atomic mass is 16.4. The quantitative estimate of drug-likeness (QED) is 0.878. The predicted molar refractivity (Wildman–Crippen MR) is 64.5 cm³/mol. The first-order chi connectivity index (χ1) is 8.22. The third-order valence-corrected chi connectivity index (χ3v) is 2.59. The molecule has 1 aromatic carbocycles. The molecule has 17 heavy (non-hydrogen) atoms. The second kappa shape index (κ2) is 4.82. The van der Waals surface area contributed by atoms with E-state index in [9.17, 15) is 4.79 Å². The lowest BCUT2D eigenvalue weighted by Crippen LogP contribution is -1.98. The van der Waals surface area contributed by atoms with Crippen molar-refractivity contribution in [2.75, 3.05) is 0 Å². The summed E-state index contributed by atoms with van der Waals surface area (Å²) >= 11 is 0. The molecule has 4 heteroatoms. The summed E-state index contributed by atoms with van der Waals surface area (Å²) in [7, 11) is 0. The van der Waals surface area contributed by atoms with Crippen LogP contribution in [0.25, 0.3) is 5.69 Å². The summed E-state index contributed by atoms with van der Waals surface area (Å²) in [5.41, 5.74) is 2.26. The third-order valence-electron chi connectivity index (χ3n) is 2.59. The maximum Gasteiger partial charge on any atom is 0.356 e. The van der Waals surface area contributed by atoms with Crippen LogP contribution in [0.15, 0.2) is 36.8 Å². The monoisotopic (exact) mass is 230 g/mol. The number of carboxylic acid groups (broad SMARTS) is 1. The fraction of sp³-hybridized carbons (Fsp3) is 0.231. The fourth-order valence-corrected chi connectivity index (χ4v) is 1.81. The van der Waals surface area contributed by atoms with Crippen LogP contribution in [0.1, 0.15) is 29.4 Å². The summed E-state index contributed by atoms with van der Waals surface area (Å²) in [6, 6.07) is 7.95. The highest BCUT2D eigenvalue weighted by Gasteiger charge is 2.09. The van der Waals surface area contributed by atoms with Gasteiger partial charge >= 0.3 is 5.97 Å². The smallest absolute Gasteiger partial charge is 0.356 e. The summed E-state index contributed by atoms with van der Waals surface area (Å²) in [5, 5.41) is 8.84. The van der Waals surface area contributed by atoms with Gasteiger partial charge in [-0.25, -0.2) is 9.78 Å². The zero-order valence-corrected chi connectivity index (χ0v) is 9.63. The van der Waals surface area contributed by atoms with E-state index >= 15 is 0 Å². The van der Waals surface area contributed by atoms with Crippen LogP contribution in [0, 0.1) is 0 Å². The topological polar surface area (TPSA) is 55.1 Å². The van der Waals surface area contributed by atoms with E-state index in [-0.39, 0.29) is 5.69 Å². The Morgan fingerprint density at radius 2 is 2.18 bits per heavy atom. The van der Waals surface area contributed by atoms with Crippen LogP contribution in [0.5, 0.6) is 0 Å². The molecule has 0 saturated carbocycles. The van der Waals surface area contributed by atoms with E-state index in [4.69, 9.17) is 5.11 Å². The average Bonchev–Trinajstić information content (AvgIpc) is 2.79. The number of aryl methyl sites for hydroxylation is 1. The van der Waals surface area contributed by atoms with Crippen molar-refractivity contribution in [3.63, 3.8) is 0 Å². The van der Waals surface area contributed by atoms with Gasteiger partial charge in [0.2, 0.25) is 0 Å². The van der Waals surface area contributed by atoms with Crippen molar-refractivity contribution in [1.29, 1.82) is 0 Å². The average molecular weight is 230 g/mol. The molecule has 1 aromatic heterocycles. The van der Waals surface area contributed by atoms with Gasteiger partial charge in [-0.15, -0.1) is 0 Å². The van der Waals surface area contributed by atoms with Crippen molar-refractivity contribution in [3.05, 3.63) is 48.0 Å². The molecule has 0 amide bonds. The molecule has 0 unspecified atom stereocenters. The zero-order chi connectivity index (χ0) is 12.3. The molecule has 0 spiro atoms. The highest BCUT2D eigenvalue weighted by molar-refractivity contribution is 5.85. The fourth-order valence-electron chi connectivity index (χ4n) is 1.81. The minimum atomic E-state index is -1.00. The van der Waals surface area contributed by atoms with Gasteiger partial charge in [-0.05, 0) is 18.1 Å². The van der Waals surface area contributed by atoms with Crippen molar-refractivity contribution in [2.45, 2.75) is 19.8 Å². The van der Waals surface area contributed by atoms with Gasteiger partial charge in [0.25, 0.3) is 0 Å².